The Morgan fingerprint density at radius 2 is 1.91 bits per heavy atom. The lowest BCUT2D eigenvalue weighted by Crippen LogP contribution is -2.31. The van der Waals surface area contributed by atoms with Crippen molar-refractivity contribution < 1.29 is 13.9 Å². The van der Waals surface area contributed by atoms with E-state index >= 15 is 0 Å². The van der Waals surface area contributed by atoms with E-state index in [9.17, 15) is 9.18 Å². The molecule has 0 N–H and O–H groups in total. The SMILES string of the molecule is COc1ccccc1C(=O)N1CCC[C@@H]1c1ccccc1F. The van der Waals surface area contributed by atoms with E-state index in [1.807, 2.05) is 18.2 Å². The van der Waals surface area contributed by atoms with Gasteiger partial charge in [-0.1, -0.05) is 30.3 Å². The van der Waals surface area contributed by atoms with E-state index in [-0.39, 0.29) is 17.8 Å². The van der Waals surface area contributed by atoms with E-state index in [4.69, 9.17) is 4.74 Å². The predicted molar refractivity (Wildman–Crippen MR) is 82.4 cm³/mol. The van der Waals surface area contributed by atoms with Gasteiger partial charge in [0, 0.05) is 12.1 Å². The molecule has 3 nitrogen and oxygen atoms in total. The predicted octanol–water partition coefficient (Wildman–Crippen LogP) is 3.81. The minimum atomic E-state index is -0.257. The van der Waals surface area contributed by atoms with Crippen molar-refractivity contribution in [3.63, 3.8) is 0 Å². The number of carbonyl (C=O) groups is 1. The summed E-state index contributed by atoms with van der Waals surface area (Å²) < 4.78 is 19.3. The van der Waals surface area contributed by atoms with Crippen molar-refractivity contribution in [2.24, 2.45) is 0 Å². The van der Waals surface area contributed by atoms with Crippen molar-refractivity contribution >= 4 is 5.91 Å². The van der Waals surface area contributed by atoms with Gasteiger partial charge in [-0.15, -0.1) is 0 Å². The summed E-state index contributed by atoms with van der Waals surface area (Å²) in [7, 11) is 1.55. The first-order chi connectivity index (χ1) is 10.7. The molecule has 1 amide bonds. The first kappa shape index (κ1) is 14.6. The summed E-state index contributed by atoms with van der Waals surface area (Å²) in [5, 5.41) is 0. The highest BCUT2D eigenvalue weighted by Crippen LogP contribution is 2.35. The van der Waals surface area contributed by atoms with Gasteiger partial charge < -0.3 is 9.64 Å². The molecule has 1 heterocycles. The van der Waals surface area contributed by atoms with Crippen LogP contribution in [0.3, 0.4) is 0 Å². The maximum atomic E-state index is 14.1. The Balaban J connectivity index is 1.93. The lowest BCUT2D eigenvalue weighted by molar-refractivity contribution is 0.0730. The van der Waals surface area contributed by atoms with Gasteiger partial charge in [0.2, 0.25) is 0 Å². The van der Waals surface area contributed by atoms with E-state index < -0.39 is 0 Å². The van der Waals surface area contributed by atoms with Gasteiger partial charge in [-0.3, -0.25) is 4.79 Å². The van der Waals surface area contributed by atoms with Crippen LogP contribution in [0.25, 0.3) is 0 Å². The van der Waals surface area contributed by atoms with Gasteiger partial charge in [0.1, 0.15) is 11.6 Å². The van der Waals surface area contributed by atoms with Crippen molar-refractivity contribution in [1.29, 1.82) is 0 Å². The normalized spacial score (nSPS) is 17.5. The Bertz CT molecular complexity index is 686. The molecule has 3 rings (SSSR count). The largest absolute Gasteiger partial charge is 0.496 e. The molecule has 0 radical (unpaired) electrons. The molecule has 0 bridgehead atoms. The van der Waals surface area contributed by atoms with Crippen molar-refractivity contribution in [1.82, 2.24) is 4.90 Å². The van der Waals surface area contributed by atoms with Crippen molar-refractivity contribution in [3.05, 3.63) is 65.5 Å². The number of likely N-dealkylation sites (tertiary alicyclic amines) is 1. The average molecular weight is 299 g/mol. The van der Waals surface area contributed by atoms with E-state index in [1.54, 1.807) is 36.3 Å². The maximum Gasteiger partial charge on any atom is 0.258 e. The zero-order chi connectivity index (χ0) is 15.5. The zero-order valence-corrected chi connectivity index (χ0v) is 12.5. The molecule has 114 valence electrons. The Kier molecular flexibility index (Phi) is 4.09. The molecule has 22 heavy (non-hydrogen) atoms. The van der Waals surface area contributed by atoms with Crippen LogP contribution in [-0.4, -0.2) is 24.5 Å². The number of rotatable bonds is 3. The van der Waals surface area contributed by atoms with Crippen LogP contribution >= 0.6 is 0 Å². The Labute approximate surface area is 129 Å². The highest BCUT2D eigenvalue weighted by atomic mass is 19.1. The number of hydrogen-bond donors (Lipinski definition) is 0. The molecule has 0 spiro atoms. The fourth-order valence-corrected chi connectivity index (χ4v) is 3.05. The first-order valence-electron chi connectivity index (χ1n) is 7.41. The molecule has 1 fully saturated rings. The fourth-order valence-electron chi connectivity index (χ4n) is 3.05. The summed E-state index contributed by atoms with van der Waals surface area (Å²) in [6.07, 6.45) is 1.65. The highest BCUT2D eigenvalue weighted by Gasteiger charge is 2.33. The number of amides is 1. The summed E-state index contributed by atoms with van der Waals surface area (Å²) in [5.74, 6) is 0.183. The maximum absolute atomic E-state index is 14.1. The molecular formula is C18H18FNO2. The van der Waals surface area contributed by atoms with E-state index in [2.05, 4.69) is 0 Å². The number of carbonyl (C=O) groups excluding carboxylic acids is 1. The number of halogens is 1. The van der Waals surface area contributed by atoms with Crippen LogP contribution in [0.5, 0.6) is 5.75 Å². The van der Waals surface area contributed by atoms with Gasteiger partial charge in [-0.25, -0.2) is 4.39 Å². The third-order valence-corrected chi connectivity index (χ3v) is 4.12. The topological polar surface area (TPSA) is 29.5 Å². The van der Waals surface area contributed by atoms with E-state index in [1.165, 1.54) is 6.07 Å². The van der Waals surface area contributed by atoms with Crippen molar-refractivity contribution in [2.75, 3.05) is 13.7 Å². The molecule has 2 aromatic rings. The van der Waals surface area contributed by atoms with Crippen LogP contribution in [-0.2, 0) is 0 Å². The van der Waals surface area contributed by atoms with Gasteiger partial charge in [0.25, 0.3) is 5.91 Å². The van der Waals surface area contributed by atoms with Crippen LogP contribution in [0.1, 0.15) is 34.8 Å². The van der Waals surface area contributed by atoms with Gasteiger partial charge in [-0.2, -0.15) is 0 Å². The minimum absolute atomic E-state index is 0.108. The molecular weight excluding hydrogens is 281 g/mol. The van der Waals surface area contributed by atoms with Gasteiger partial charge in [0.15, 0.2) is 0 Å². The number of hydrogen-bond acceptors (Lipinski definition) is 2. The van der Waals surface area contributed by atoms with Crippen LogP contribution < -0.4 is 4.74 Å². The molecule has 0 aromatic heterocycles. The molecule has 1 saturated heterocycles. The Morgan fingerprint density at radius 3 is 2.68 bits per heavy atom. The van der Waals surface area contributed by atoms with Crippen LogP contribution in [0.15, 0.2) is 48.5 Å². The average Bonchev–Trinajstić information content (AvgIpc) is 3.04. The summed E-state index contributed by atoms with van der Waals surface area (Å²) in [4.78, 5) is 14.6. The quantitative estimate of drug-likeness (QED) is 0.862. The number of ether oxygens (including phenoxy) is 1. The number of benzene rings is 2. The standard InChI is InChI=1S/C18H18FNO2/c1-22-17-11-5-3-8-14(17)18(21)20-12-6-10-16(20)13-7-2-4-9-15(13)19/h2-5,7-9,11,16H,6,10,12H2,1H3/t16-/m1/s1. The van der Waals surface area contributed by atoms with Crippen LogP contribution in [0, 0.1) is 5.82 Å². The van der Waals surface area contributed by atoms with Crippen molar-refractivity contribution in [2.45, 2.75) is 18.9 Å². The molecule has 0 aliphatic carbocycles. The second-order valence-electron chi connectivity index (χ2n) is 5.38. The first-order valence-corrected chi connectivity index (χ1v) is 7.41. The molecule has 2 aromatic carbocycles. The lowest BCUT2D eigenvalue weighted by atomic mass is 10.0. The monoisotopic (exact) mass is 299 g/mol. The molecule has 1 aliphatic rings. The number of methoxy groups -OCH3 is 1. The van der Waals surface area contributed by atoms with Crippen LogP contribution in [0.2, 0.25) is 0 Å². The molecule has 1 aliphatic heterocycles. The molecule has 0 saturated carbocycles. The second kappa shape index (κ2) is 6.18. The fraction of sp³-hybridized carbons (Fsp3) is 0.278. The lowest BCUT2D eigenvalue weighted by Gasteiger charge is -2.26. The summed E-state index contributed by atoms with van der Waals surface area (Å²) in [6, 6.07) is 13.6. The van der Waals surface area contributed by atoms with Gasteiger partial charge in [-0.05, 0) is 31.0 Å². The third-order valence-electron chi connectivity index (χ3n) is 4.12. The minimum Gasteiger partial charge on any atom is -0.496 e. The Hall–Kier alpha value is -2.36. The zero-order valence-electron chi connectivity index (χ0n) is 12.5. The van der Waals surface area contributed by atoms with Gasteiger partial charge in [0.05, 0.1) is 18.7 Å². The number of para-hydroxylation sites is 1. The molecule has 4 heteroatoms. The van der Waals surface area contributed by atoms with E-state index in [0.29, 0.717) is 23.4 Å². The highest BCUT2D eigenvalue weighted by molar-refractivity contribution is 5.97. The summed E-state index contributed by atoms with van der Waals surface area (Å²) >= 11 is 0. The smallest absolute Gasteiger partial charge is 0.258 e. The number of nitrogens with zero attached hydrogens (tertiary/aromatic N) is 1. The van der Waals surface area contributed by atoms with E-state index in [0.717, 1.165) is 12.8 Å². The molecule has 1 atom stereocenters. The van der Waals surface area contributed by atoms with Gasteiger partial charge >= 0.3 is 0 Å². The molecule has 0 unspecified atom stereocenters. The summed E-state index contributed by atoms with van der Waals surface area (Å²) in [5.41, 5.74) is 1.11. The van der Waals surface area contributed by atoms with Crippen molar-refractivity contribution in [3.8, 4) is 5.75 Å². The Morgan fingerprint density at radius 1 is 1.18 bits per heavy atom. The second-order valence-corrected chi connectivity index (χ2v) is 5.38. The van der Waals surface area contributed by atoms with Crippen LogP contribution in [0.4, 0.5) is 4.39 Å². The third kappa shape index (κ3) is 2.56. The summed E-state index contributed by atoms with van der Waals surface area (Å²) in [6.45, 7) is 0.635.